The molecule has 0 radical (unpaired) electrons. The minimum absolute atomic E-state index is 0.0403. The van der Waals surface area contributed by atoms with Crippen molar-refractivity contribution < 1.29 is 24.2 Å². The maximum Gasteiger partial charge on any atom is 0.313 e. The average molecular weight is 369 g/mol. The van der Waals surface area contributed by atoms with E-state index in [9.17, 15) is 19.5 Å². The maximum atomic E-state index is 12.1. The number of hydrogen-bond acceptors (Lipinski definition) is 5. The fraction of sp³-hybridized carbons (Fsp3) is 0.211. The first-order valence-electron chi connectivity index (χ1n) is 8.31. The van der Waals surface area contributed by atoms with Crippen LogP contribution in [0.5, 0.6) is 5.75 Å². The van der Waals surface area contributed by atoms with Gasteiger partial charge in [0.2, 0.25) is 0 Å². The van der Waals surface area contributed by atoms with E-state index in [1.54, 1.807) is 49.5 Å². The molecule has 1 atom stereocenters. The third-order valence-corrected chi connectivity index (χ3v) is 4.15. The maximum absolute atomic E-state index is 12.1. The number of anilines is 2. The number of hydrogen-bond donors (Lipinski definition) is 3. The molecule has 140 valence electrons. The predicted molar refractivity (Wildman–Crippen MR) is 98.4 cm³/mol. The molecule has 8 heteroatoms. The van der Waals surface area contributed by atoms with Crippen LogP contribution in [0.4, 0.5) is 11.4 Å². The largest absolute Gasteiger partial charge is 0.482 e. The Kier molecular flexibility index (Phi) is 5.37. The summed E-state index contributed by atoms with van der Waals surface area (Å²) in [6.07, 6.45) is -0.913. The minimum Gasteiger partial charge on any atom is -0.482 e. The number of ether oxygens (including phenoxy) is 1. The highest BCUT2D eigenvalue weighted by Crippen LogP contribution is 2.33. The van der Waals surface area contributed by atoms with Gasteiger partial charge in [0.15, 0.2) is 6.61 Å². The number of carbonyl (C=O) groups excluding carboxylic acids is 3. The van der Waals surface area contributed by atoms with E-state index >= 15 is 0 Å². The molecular weight excluding hydrogens is 350 g/mol. The first-order chi connectivity index (χ1) is 13.0. The van der Waals surface area contributed by atoms with Gasteiger partial charge in [0.1, 0.15) is 5.75 Å². The molecule has 27 heavy (non-hydrogen) atoms. The van der Waals surface area contributed by atoms with Gasteiger partial charge in [-0.2, -0.15) is 0 Å². The summed E-state index contributed by atoms with van der Waals surface area (Å²) in [6, 6.07) is 13.6. The smallest absolute Gasteiger partial charge is 0.313 e. The molecule has 1 unspecified atom stereocenters. The van der Waals surface area contributed by atoms with Crippen LogP contribution in [0.15, 0.2) is 48.5 Å². The van der Waals surface area contributed by atoms with Gasteiger partial charge in [-0.15, -0.1) is 0 Å². The zero-order valence-electron chi connectivity index (χ0n) is 14.6. The van der Waals surface area contributed by atoms with E-state index in [4.69, 9.17) is 4.74 Å². The van der Waals surface area contributed by atoms with Gasteiger partial charge >= 0.3 is 11.8 Å². The summed E-state index contributed by atoms with van der Waals surface area (Å²) in [5.74, 6) is -1.44. The summed E-state index contributed by atoms with van der Waals surface area (Å²) in [7, 11) is 1.60. The Labute approximate surface area is 155 Å². The van der Waals surface area contributed by atoms with Crippen LogP contribution in [0.2, 0.25) is 0 Å². The quantitative estimate of drug-likeness (QED) is 0.692. The molecule has 0 fully saturated rings. The number of carbonyl (C=O) groups is 3. The van der Waals surface area contributed by atoms with Crippen LogP contribution in [-0.4, -0.2) is 43.0 Å². The molecule has 2 aromatic carbocycles. The Morgan fingerprint density at radius 2 is 1.93 bits per heavy atom. The van der Waals surface area contributed by atoms with Crippen LogP contribution in [0.3, 0.4) is 0 Å². The van der Waals surface area contributed by atoms with Crippen molar-refractivity contribution in [3.63, 3.8) is 0 Å². The van der Waals surface area contributed by atoms with E-state index in [1.165, 1.54) is 4.90 Å². The van der Waals surface area contributed by atoms with Gasteiger partial charge in [0, 0.05) is 19.3 Å². The standard InChI is InChI=1S/C19H19N3O5/c1-22-14-9-13(7-8-16(14)27-11-17(22)24)21-19(26)18(25)20-10-15(23)12-5-3-2-4-6-12/h2-9,15,23H,10-11H2,1H3,(H,20,25)(H,21,26). The molecular formula is C19H19N3O5. The first-order valence-corrected chi connectivity index (χ1v) is 8.31. The van der Waals surface area contributed by atoms with Gasteiger partial charge < -0.3 is 25.4 Å². The van der Waals surface area contributed by atoms with Gasteiger partial charge in [-0.05, 0) is 23.8 Å². The van der Waals surface area contributed by atoms with Gasteiger partial charge in [0.05, 0.1) is 11.8 Å². The highest BCUT2D eigenvalue weighted by atomic mass is 16.5. The van der Waals surface area contributed by atoms with Crippen LogP contribution in [0.1, 0.15) is 11.7 Å². The Balaban J connectivity index is 1.59. The highest BCUT2D eigenvalue weighted by molar-refractivity contribution is 6.39. The van der Waals surface area contributed by atoms with Crippen LogP contribution in [-0.2, 0) is 14.4 Å². The Morgan fingerprint density at radius 1 is 1.19 bits per heavy atom. The molecule has 1 aliphatic heterocycles. The number of rotatable bonds is 4. The van der Waals surface area contributed by atoms with Crippen molar-refractivity contribution in [1.29, 1.82) is 0 Å². The molecule has 0 spiro atoms. The molecule has 0 saturated carbocycles. The van der Waals surface area contributed by atoms with Crippen LogP contribution >= 0.6 is 0 Å². The lowest BCUT2D eigenvalue weighted by Gasteiger charge is -2.26. The van der Waals surface area contributed by atoms with Gasteiger partial charge in [-0.25, -0.2) is 0 Å². The molecule has 0 saturated heterocycles. The third-order valence-electron chi connectivity index (χ3n) is 4.15. The molecule has 8 nitrogen and oxygen atoms in total. The number of likely N-dealkylation sites (N-methyl/N-ethyl adjacent to an activating group) is 1. The second-order valence-electron chi connectivity index (χ2n) is 6.01. The van der Waals surface area contributed by atoms with Gasteiger partial charge in [-0.1, -0.05) is 30.3 Å². The van der Waals surface area contributed by atoms with Crippen LogP contribution in [0.25, 0.3) is 0 Å². The number of nitrogens with zero attached hydrogens (tertiary/aromatic N) is 1. The van der Waals surface area contributed by atoms with Crippen LogP contribution in [0, 0.1) is 0 Å². The lowest BCUT2D eigenvalue weighted by molar-refractivity contribution is -0.136. The molecule has 0 aliphatic carbocycles. The Bertz CT molecular complexity index is 869. The molecule has 3 rings (SSSR count). The zero-order chi connectivity index (χ0) is 19.4. The van der Waals surface area contributed by atoms with Crippen molar-refractivity contribution >= 4 is 29.1 Å². The molecule has 0 aromatic heterocycles. The average Bonchev–Trinajstić information content (AvgIpc) is 2.69. The second kappa shape index (κ2) is 7.88. The lowest BCUT2D eigenvalue weighted by Crippen LogP contribution is -2.38. The monoisotopic (exact) mass is 369 g/mol. The predicted octanol–water partition coefficient (Wildman–Crippen LogP) is 0.830. The number of fused-ring (bicyclic) bond motifs is 1. The van der Waals surface area contributed by atoms with Crippen molar-refractivity contribution in [2.75, 3.05) is 30.4 Å². The summed E-state index contributed by atoms with van der Waals surface area (Å²) < 4.78 is 5.31. The van der Waals surface area contributed by atoms with Crippen molar-refractivity contribution in [2.45, 2.75) is 6.10 Å². The molecule has 2 aromatic rings. The van der Waals surface area contributed by atoms with E-state index < -0.39 is 17.9 Å². The summed E-state index contributed by atoms with van der Waals surface area (Å²) in [5.41, 5.74) is 1.49. The Hall–Kier alpha value is -3.39. The molecule has 3 amide bonds. The van der Waals surface area contributed by atoms with Crippen LogP contribution < -0.4 is 20.3 Å². The fourth-order valence-corrected chi connectivity index (χ4v) is 2.60. The van der Waals surface area contributed by atoms with Gasteiger partial charge in [0.25, 0.3) is 5.91 Å². The van der Waals surface area contributed by atoms with Gasteiger partial charge in [-0.3, -0.25) is 14.4 Å². The Morgan fingerprint density at radius 3 is 2.67 bits per heavy atom. The summed E-state index contributed by atoms with van der Waals surface area (Å²) >= 11 is 0. The van der Waals surface area contributed by atoms with E-state index in [1.807, 2.05) is 6.07 Å². The third kappa shape index (κ3) is 4.24. The van der Waals surface area contributed by atoms with Crippen molar-refractivity contribution in [2.24, 2.45) is 0 Å². The zero-order valence-corrected chi connectivity index (χ0v) is 14.6. The summed E-state index contributed by atoms with van der Waals surface area (Å²) in [5, 5.41) is 14.9. The molecule has 3 N–H and O–H groups in total. The number of aliphatic hydroxyl groups excluding tert-OH is 1. The molecule has 1 heterocycles. The fourth-order valence-electron chi connectivity index (χ4n) is 2.60. The van der Waals surface area contributed by atoms with Crippen molar-refractivity contribution in [1.82, 2.24) is 5.32 Å². The van der Waals surface area contributed by atoms with E-state index in [0.717, 1.165) is 0 Å². The number of aliphatic hydroxyl groups is 1. The normalized spacial score (nSPS) is 14.0. The van der Waals surface area contributed by atoms with E-state index in [-0.39, 0.29) is 19.1 Å². The first kappa shape index (κ1) is 18.4. The molecule has 1 aliphatic rings. The van der Waals surface area contributed by atoms with E-state index in [2.05, 4.69) is 10.6 Å². The minimum atomic E-state index is -0.913. The highest BCUT2D eigenvalue weighted by Gasteiger charge is 2.23. The molecule has 0 bridgehead atoms. The number of amides is 3. The number of benzene rings is 2. The van der Waals surface area contributed by atoms with E-state index in [0.29, 0.717) is 22.7 Å². The SMILES string of the molecule is CN1C(=O)COc2ccc(NC(=O)C(=O)NCC(O)c3ccccc3)cc21. The second-order valence-corrected chi connectivity index (χ2v) is 6.01. The lowest BCUT2D eigenvalue weighted by atomic mass is 10.1. The topological polar surface area (TPSA) is 108 Å². The summed E-state index contributed by atoms with van der Waals surface area (Å²) in [4.78, 5) is 37.1. The number of nitrogens with one attached hydrogen (secondary N) is 2. The van der Waals surface area contributed by atoms with Crippen molar-refractivity contribution in [3.8, 4) is 5.75 Å². The van der Waals surface area contributed by atoms with Crippen molar-refractivity contribution in [3.05, 3.63) is 54.1 Å². The summed E-state index contributed by atoms with van der Waals surface area (Å²) in [6.45, 7) is -0.132.